The second kappa shape index (κ2) is 7.98. The maximum absolute atomic E-state index is 13.2. The van der Waals surface area contributed by atoms with Crippen LogP contribution in [0.3, 0.4) is 0 Å². The summed E-state index contributed by atoms with van der Waals surface area (Å²) in [6, 6.07) is 11.0. The van der Waals surface area contributed by atoms with Gasteiger partial charge in [-0.3, -0.25) is 9.48 Å². The minimum atomic E-state index is -0.236. The molecule has 1 atom stereocenters. The summed E-state index contributed by atoms with van der Waals surface area (Å²) < 4.78 is 12.4. The molecule has 0 saturated carbocycles. The van der Waals surface area contributed by atoms with Crippen LogP contribution in [0.2, 0.25) is 0 Å². The molecule has 1 aromatic carbocycles. The number of pyridine rings is 1. The zero-order valence-corrected chi connectivity index (χ0v) is 17.3. The molecule has 154 valence electrons. The van der Waals surface area contributed by atoms with Gasteiger partial charge in [-0.1, -0.05) is 17.3 Å². The van der Waals surface area contributed by atoms with Gasteiger partial charge in [0.1, 0.15) is 11.4 Å². The van der Waals surface area contributed by atoms with Gasteiger partial charge in [0.2, 0.25) is 0 Å². The zero-order valence-electron chi connectivity index (χ0n) is 17.3. The minimum absolute atomic E-state index is 0.223. The molecule has 0 aliphatic rings. The van der Waals surface area contributed by atoms with E-state index in [1.54, 1.807) is 24.8 Å². The summed E-state index contributed by atoms with van der Waals surface area (Å²) in [6.07, 6.45) is 1.87. The first-order chi connectivity index (χ1) is 14.5. The van der Waals surface area contributed by atoms with Crippen LogP contribution in [0.25, 0.3) is 22.5 Å². The van der Waals surface area contributed by atoms with E-state index in [1.807, 2.05) is 50.4 Å². The topological polar surface area (TPSA) is 95.1 Å². The summed E-state index contributed by atoms with van der Waals surface area (Å²) in [6.45, 7) is 6.47. The largest absolute Gasteiger partial charge is 0.497 e. The molecule has 8 nitrogen and oxygen atoms in total. The quantitative estimate of drug-likeness (QED) is 0.522. The third kappa shape index (κ3) is 3.63. The van der Waals surface area contributed by atoms with Crippen LogP contribution in [0.15, 0.2) is 47.1 Å². The highest BCUT2D eigenvalue weighted by atomic mass is 16.5. The lowest BCUT2D eigenvalue weighted by Crippen LogP contribution is -2.27. The smallest absolute Gasteiger partial charge is 0.259 e. The van der Waals surface area contributed by atoms with Gasteiger partial charge in [0.05, 0.1) is 35.5 Å². The van der Waals surface area contributed by atoms with Gasteiger partial charge in [-0.2, -0.15) is 5.10 Å². The van der Waals surface area contributed by atoms with Crippen molar-refractivity contribution in [3.05, 3.63) is 59.4 Å². The Morgan fingerprint density at radius 2 is 2.10 bits per heavy atom. The molecule has 3 aromatic heterocycles. The molecular weight excluding hydrogens is 382 g/mol. The van der Waals surface area contributed by atoms with Crippen molar-refractivity contribution in [2.45, 2.75) is 33.4 Å². The van der Waals surface area contributed by atoms with Crippen LogP contribution >= 0.6 is 0 Å². The molecule has 4 rings (SSSR count). The third-order valence-electron chi connectivity index (χ3n) is 5.03. The van der Waals surface area contributed by atoms with Gasteiger partial charge in [-0.15, -0.1) is 0 Å². The van der Waals surface area contributed by atoms with Crippen LogP contribution in [-0.2, 0) is 6.54 Å². The molecule has 0 radical (unpaired) electrons. The van der Waals surface area contributed by atoms with E-state index in [2.05, 4.69) is 20.6 Å². The number of rotatable bonds is 6. The van der Waals surface area contributed by atoms with Crippen molar-refractivity contribution in [3.8, 4) is 17.1 Å². The van der Waals surface area contributed by atoms with Crippen molar-refractivity contribution in [2.75, 3.05) is 7.11 Å². The Hall–Kier alpha value is -3.68. The molecule has 0 aliphatic heterocycles. The number of ether oxygens (including phenoxy) is 1. The Kier molecular flexibility index (Phi) is 5.22. The van der Waals surface area contributed by atoms with Crippen molar-refractivity contribution >= 4 is 17.0 Å². The van der Waals surface area contributed by atoms with Gasteiger partial charge < -0.3 is 14.6 Å². The number of aryl methyl sites for hydroxylation is 2. The molecule has 30 heavy (non-hydrogen) atoms. The predicted octanol–water partition coefficient (Wildman–Crippen LogP) is 3.91. The molecule has 4 aromatic rings. The monoisotopic (exact) mass is 405 g/mol. The molecule has 1 unspecified atom stereocenters. The first-order valence-electron chi connectivity index (χ1n) is 9.75. The van der Waals surface area contributed by atoms with E-state index < -0.39 is 0 Å². The fourth-order valence-corrected chi connectivity index (χ4v) is 3.35. The first kappa shape index (κ1) is 19.6. The van der Waals surface area contributed by atoms with Crippen LogP contribution in [-0.4, -0.2) is 32.9 Å². The van der Waals surface area contributed by atoms with E-state index in [1.165, 1.54) is 0 Å². The van der Waals surface area contributed by atoms with Gasteiger partial charge in [-0.05, 0) is 50.6 Å². The first-order valence-corrected chi connectivity index (χ1v) is 9.75. The molecule has 0 fully saturated rings. The van der Waals surface area contributed by atoms with Crippen LogP contribution in [0.1, 0.15) is 41.5 Å². The van der Waals surface area contributed by atoms with E-state index >= 15 is 0 Å². The second-order valence-electron chi connectivity index (χ2n) is 7.03. The zero-order chi connectivity index (χ0) is 21.3. The summed E-state index contributed by atoms with van der Waals surface area (Å²) in [7, 11) is 1.62. The second-order valence-corrected chi connectivity index (χ2v) is 7.03. The maximum Gasteiger partial charge on any atom is 0.259 e. The van der Waals surface area contributed by atoms with Crippen LogP contribution in [0.4, 0.5) is 0 Å². The lowest BCUT2D eigenvalue weighted by atomic mass is 10.1. The van der Waals surface area contributed by atoms with E-state index in [4.69, 9.17) is 9.26 Å². The van der Waals surface area contributed by atoms with Gasteiger partial charge in [0.25, 0.3) is 11.6 Å². The predicted molar refractivity (Wildman–Crippen MR) is 112 cm³/mol. The molecular formula is C22H23N5O3. The summed E-state index contributed by atoms with van der Waals surface area (Å²) in [5.74, 6) is 0.503. The number of hydrogen-bond donors (Lipinski definition) is 1. The number of aromatic nitrogens is 4. The van der Waals surface area contributed by atoms with E-state index in [9.17, 15) is 4.79 Å². The summed E-state index contributed by atoms with van der Waals surface area (Å²) in [5.41, 5.74) is 3.55. The highest BCUT2D eigenvalue weighted by Gasteiger charge is 2.21. The number of amides is 1. The summed E-state index contributed by atoms with van der Waals surface area (Å²) in [4.78, 5) is 17.7. The number of nitrogens with zero attached hydrogens (tertiary/aromatic N) is 4. The summed E-state index contributed by atoms with van der Waals surface area (Å²) >= 11 is 0. The van der Waals surface area contributed by atoms with Crippen LogP contribution < -0.4 is 10.1 Å². The van der Waals surface area contributed by atoms with Crippen molar-refractivity contribution in [2.24, 2.45) is 0 Å². The Bertz CT molecular complexity index is 1210. The molecule has 0 bridgehead atoms. The molecule has 0 aliphatic carbocycles. The van der Waals surface area contributed by atoms with Crippen LogP contribution in [0, 0.1) is 6.92 Å². The Morgan fingerprint density at radius 1 is 1.27 bits per heavy atom. The normalized spacial score (nSPS) is 12.1. The molecule has 0 spiro atoms. The average Bonchev–Trinajstić information content (AvgIpc) is 3.40. The van der Waals surface area contributed by atoms with Gasteiger partial charge in [-0.25, -0.2) is 4.98 Å². The van der Waals surface area contributed by atoms with Crippen molar-refractivity contribution in [1.29, 1.82) is 0 Å². The van der Waals surface area contributed by atoms with Gasteiger partial charge in [0, 0.05) is 12.7 Å². The lowest BCUT2D eigenvalue weighted by Gasteiger charge is -2.16. The van der Waals surface area contributed by atoms with E-state index in [-0.39, 0.29) is 11.9 Å². The fourth-order valence-electron chi connectivity index (χ4n) is 3.35. The number of nitrogens with one attached hydrogen (secondary N) is 1. The number of fused-ring (bicyclic) bond motifs is 1. The number of carbonyl (C=O) groups excluding carboxylic acids is 1. The fraction of sp³-hybridized carbons (Fsp3) is 0.273. The number of carbonyl (C=O) groups is 1. The number of hydrogen-bond acceptors (Lipinski definition) is 6. The molecule has 0 saturated heterocycles. The van der Waals surface area contributed by atoms with Crippen molar-refractivity contribution < 1.29 is 14.1 Å². The Balaban J connectivity index is 1.71. The Labute approximate surface area is 173 Å². The van der Waals surface area contributed by atoms with E-state index in [0.717, 1.165) is 17.9 Å². The summed E-state index contributed by atoms with van der Waals surface area (Å²) in [5, 5.41) is 12.1. The van der Waals surface area contributed by atoms with E-state index in [0.29, 0.717) is 33.7 Å². The molecule has 1 N–H and O–H groups in total. The standard InChI is InChI=1S/C22H23N5O3/c1-5-27-10-9-18(25-27)19-12-17(20-14(3)26-30-22(20)24-19)21(28)23-13(2)15-7-6-8-16(11-15)29-4/h6-13H,5H2,1-4H3,(H,23,28). The number of methoxy groups -OCH3 is 1. The average molecular weight is 405 g/mol. The molecule has 1 amide bonds. The maximum atomic E-state index is 13.2. The lowest BCUT2D eigenvalue weighted by molar-refractivity contribution is 0.0941. The van der Waals surface area contributed by atoms with Crippen molar-refractivity contribution in [3.63, 3.8) is 0 Å². The highest BCUT2D eigenvalue weighted by Crippen LogP contribution is 2.27. The molecule has 8 heteroatoms. The SMILES string of the molecule is CCn1ccc(-c2cc(C(=O)NC(C)c3cccc(OC)c3)c3c(C)noc3n2)n1. The molecule has 3 heterocycles. The third-order valence-corrected chi connectivity index (χ3v) is 5.03. The minimum Gasteiger partial charge on any atom is -0.497 e. The van der Waals surface area contributed by atoms with Crippen LogP contribution in [0.5, 0.6) is 5.75 Å². The Morgan fingerprint density at radius 3 is 2.83 bits per heavy atom. The van der Waals surface area contributed by atoms with Gasteiger partial charge in [0.15, 0.2) is 0 Å². The number of benzene rings is 1. The van der Waals surface area contributed by atoms with Crippen molar-refractivity contribution in [1.82, 2.24) is 25.2 Å². The van der Waals surface area contributed by atoms with Gasteiger partial charge >= 0.3 is 0 Å². The highest BCUT2D eigenvalue weighted by molar-refractivity contribution is 6.07.